The Morgan fingerprint density at radius 2 is 1.83 bits per heavy atom. The number of ether oxygens (including phenoxy) is 1. The monoisotopic (exact) mass is 433 g/mol. The lowest BCUT2D eigenvalue weighted by Crippen LogP contribution is -2.58. The van der Waals surface area contributed by atoms with Gasteiger partial charge in [0.25, 0.3) is 5.91 Å². The largest absolute Gasteiger partial charge is 0.465 e. The zero-order valence-electron chi connectivity index (χ0n) is 14.9. The van der Waals surface area contributed by atoms with E-state index in [0.29, 0.717) is 5.02 Å². The van der Waals surface area contributed by atoms with Crippen molar-refractivity contribution in [2.24, 2.45) is 10.9 Å². The molecule has 148 valence electrons. The highest BCUT2D eigenvalue weighted by atomic mass is 35.5. The van der Waals surface area contributed by atoms with Crippen LogP contribution in [0.5, 0.6) is 0 Å². The lowest BCUT2D eigenvalue weighted by atomic mass is 10.1. The number of carbonyl (C=O) groups is 4. The first-order valence-electron chi connectivity index (χ1n) is 8.18. The number of rotatable bonds is 4. The number of carbonyl (C=O) groups excluding carboxylic acids is 4. The van der Waals surface area contributed by atoms with Crippen LogP contribution in [-0.2, 0) is 14.3 Å². The van der Waals surface area contributed by atoms with Crippen LogP contribution >= 0.6 is 23.2 Å². The molecule has 29 heavy (non-hydrogen) atoms. The number of aliphatic imine (C=N–C) groups is 1. The molecule has 0 aliphatic carbocycles. The number of anilines is 1. The van der Waals surface area contributed by atoms with E-state index in [9.17, 15) is 19.2 Å². The normalized spacial score (nSPS) is 16.9. The van der Waals surface area contributed by atoms with Crippen molar-refractivity contribution in [3.63, 3.8) is 0 Å². The van der Waals surface area contributed by atoms with E-state index in [-0.39, 0.29) is 22.0 Å². The molecule has 0 spiro atoms. The SMILES string of the molecule is COC(=O)c1cc(N=CC2C(=O)NC(=O)N(c3ccc(Cl)cc3)C2=O)ccc1Cl. The molecule has 0 bridgehead atoms. The molecule has 4 amide bonds. The molecule has 1 atom stereocenters. The molecule has 2 aromatic carbocycles. The van der Waals surface area contributed by atoms with E-state index >= 15 is 0 Å². The van der Waals surface area contributed by atoms with Crippen LogP contribution in [0, 0.1) is 5.92 Å². The number of methoxy groups -OCH3 is 1. The second kappa shape index (κ2) is 8.42. The second-order valence-electron chi connectivity index (χ2n) is 5.86. The number of nitrogens with one attached hydrogen (secondary N) is 1. The molecule has 0 aromatic heterocycles. The van der Waals surface area contributed by atoms with Gasteiger partial charge in [-0.25, -0.2) is 14.5 Å². The number of amides is 4. The molecule has 1 N–H and O–H groups in total. The number of halogens is 2. The molecule has 1 heterocycles. The van der Waals surface area contributed by atoms with E-state index < -0.39 is 29.7 Å². The molecular weight excluding hydrogens is 421 g/mol. The zero-order valence-corrected chi connectivity index (χ0v) is 16.4. The lowest BCUT2D eigenvalue weighted by Gasteiger charge is -2.28. The molecule has 0 radical (unpaired) electrons. The highest BCUT2D eigenvalue weighted by Gasteiger charge is 2.40. The number of hydrogen-bond acceptors (Lipinski definition) is 6. The van der Waals surface area contributed by atoms with Gasteiger partial charge in [0.2, 0.25) is 5.91 Å². The van der Waals surface area contributed by atoms with E-state index in [1.807, 2.05) is 0 Å². The Balaban J connectivity index is 1.89. The molecule has 1 saturated heterocycles. The lowest BCUT2D eigenvalue weighted by molar-refractivity contribution is -0.131. The van der Waals surface area contributed by atoms with Crippen LogP contribution in [0.4, 0.5) is 16.2 Å². The Labute approximate surface area is 175 Å². The van der Waals surface area contributed by atoms with Gasteiger partial charge in [0, 0.05) is 11.2 Å². The standard InChI is InChI=1S/C19H13Cl2N3O5/c1-29-18(27)13-8-11(4-7-15(13)21)22-9-14-16(25)23-19(28)24(17(14)26)12-5-2-10(20)3-6-12/h2-9,14H,1H3,(H,23,25,28). The first-order valence-corrected chi connectivity index (χ1v) is 8.94. The van der Waals surface area contributed by atoms with Gasteiger partial charge in [0.15, 0.2) is 5.92 Å². The quantitative estimate of drug-likeness (QED) is 0.451. The number of nitrogens with zero attached hydrogens (tertiary/aromatic N) is 2. The maximum absolute atomic E-state index is 12.8. The summed E-state index contributed by atoms with van der Waals surface area (Å²) in [5.74, 6) is -3.58. The van der Waals surface area contributed by atoms with Crippen molar-refractivity contribution in [2.75, 3.05) is 12.0 Å². The number of esters is 1. The summed E-state index contributed by atoms with van der Waals surface area (Å²) >= 11 is 11.8. The van der Waals surface area contributed by atoms with E-state index in [2.05, 4.69) is 15.0 Å². The highest BCUT2D eigenvalue weighted by Crippen LogP contribution is 2.25. The van der Waals surface area contributed by atoms with Gasteiger partial charge in [-0.3, -0.25) is 19.9 Å². The molecule has 10 heteroatoms. The third-order valence-corrected chi connectivity index (χ3v) is 4.60. The van der Waals surface area contributed by atoms with E-state index in [4.69, 9.17) is 23.2 Å². The van der Waals surface area contributed by atoms with Crippen LogP contribution in [0.25, 0.3) is 0 Å². The molecule has 1 unspecified atom stereocenters. The van der Waals surface area contributed by atoms with Crippen molar-refractivity contribution in [1.82, 2.24) is 5.32 Å². The Bertz CT molecular complexity index is 1040. The fourth-order valence-electron chi connectivity index (χ4n) is 2.58. The highest BCUT2D eigenvalue weighted by molar-refractivity contribution is 6.34. The molecule has 1 aliphatic rings. The second-order valence-corrected chi connectivity index (χ2v) is 6.70. The van der Waals surface area contributed by atoms with E-state index in [1.54, 1.807) is 0 Å². The average molecular weight is 434 g/mol. The van der Waals surface area contributed by atoms with E-state index in [1.165, 1.54) is 49.6 Å². The van der Waals surface area contributed by atoms with Crippen LogP contribution in [0.3, 0.4) is 0 Å². The van der Waals surface area contributed by atoms with Crippen molar-refractivity contribution in [3.05, 3.63) is 58.1 Å². The summed E-state index contributed by atoms with van der Waals surface area (Å²) in [5, 5.41) is 2.71. The average Bonchev–Trinajstić information content (AvgIpc) is 2.69. The van der Waals surface area contributed by atoms with Gasteiger partial charge in [-0.2, -0.15) is 0 Å². The van der Waals surface area contributed by atoms with E-state index in [0.717, 1.165) is 11.1 Å². The minimum Gasteiger partial charge on any atom is -0.465 e. The summed E-state index contributed by atoms with van der Waals surface area (Å²) in [6.07, 6.45) is 1.09. The topological polar surface area (TPSA) is 105 Å². The van der Waals surface area contributed by atoms with Gasteiger partial charge in [0.05, 0.1) is 29.1 Å². The van der Waals surface area contributed by atoms with Gasteiger partial charge >= 0.3 is 12.0 Å². The van der Waals surface area contributed by atoms with Crippen LogP contribution in [0.1, 0.15) is 10.4 Å². The van der Waals surface area contributed by atoms with Gasteiger partial charge < -0.3 is 4.74 Å². The van der Waals surface area contributed by atoms with Crippen LogP contribution in [-0.4, -0.2) is 37.1 Å². The maximum Gasteiger partial charge on any atom is 0.339 e. The van der Waals surface area contributed by atoms with Gasteiger partial charge in [-0.15, -0.1) is 0 Å². The van der Waals surface area contributed by atoms with Crippen LogP contribution in [0.2, 0.25) is 10.0 Å². The third kappa shape index (κ3) is 4.28. The number of hydrogen-bond donors (Lipinski definition) is 1. The smallest absolute Gasteiger partial charge is 0.339 e. The summed E-state index contributed by atoms with van der Waals surface area (Å²) in [6.45, 7) is 0. The molecule has 3 rings (SSSR count). The van der Waals surface area contributed by atoms with Gasteiger partial charge in [0.1, 0.15) is 0 Å². The molecule has 2 aromatic rings. The first-order chi connectivity index (χ1) is 13.8. The molecular formula is C19H13Cl2N3O5. The molecule has 8 nitrogen and oxygen atoms in total. The molecule has 0 saturated carbocycles. The minimum absolute atomic E-state index is 0.0845. The number of barbiturate groups is 1. The number of urea groups is 1. The van der Waals surface area contributed by atoms with Crippen LogP contribution < -0.4 is 10.2 Å². The third-order valence-electron chi connectivity index (χ3n) is 4.01. The number of benzene rings is 2. The minimum atomic E-state index is -1.35. The van der Waals surface area contributed by atoms with Crippen molar-refractivity contribution in [3.8, 4) is 0 Å². The predicted octanol–water partition coefficient (Wildman–Crippen LogP) is 3.38. The van der Waals surface area contributed by atoms with Crippen molar-refractivity contribution in [2.45, 2.75) is 0 Å². The van der Waals surface area contributed by atoms with Crippen molar-refractivity contribution in [1.29, 1.82) is 0 Å². The summed E-state index contributed by atoms with van der Waals surface area (Å²) in [5.41, 5.74) is 0.605. The first kappa shape index (κ1) is 20.5. The van der Waals surface area contributed by atoms with Crippen molar-refractivity contribution < 1.29 is 23.9 Å². The summed E-state index contributed by atoms with van der Waals surface area (Å²) in [4.78, 5) is 53.7. The Hall–Kier alpha value is -3.23. The fourth-order valence-corrected chi connectivity index (χ4v) is 2.90. The zero-order chi connectivity index (χ0) is 21.1. The summed E-state index contributed by atoms with van der Waals surface area (Å²) in [7, 11) is 1.21. The predicted molar refractivity (Wildman–Crippen MR) is 107 cm³/mol. The van der Waals surface area contributed by atoms with Gasteiger partial charge in [-0.05, 0) is 42.5 Å². The Morgan fingerprint density at radius 3 is 2.48 bits per heavy atom. The Morgan fingerprint density at radius 1 is 1.14 bits per heavy atom. The summed E-state index contributed by atoms with van der Waals surface area (Å²) in [6, 6.07) is 9.41. The number of imide groups is 2. The summed E-state index contributed by atoms with van der Waals surface area (Å²) < 4.78 is 4.64. The van der Waals surface area contributed by atoms with Crippen LogP contribution in [0.15, 0.2) is 47.5 Å². The molecule has 1 fully saturated rings. The fraction of sp³-hybridized carbons (Fsp3) is 0.105. The molecule has 1 aliphatic heterocycles. The van der Waals surface area contributed by atoms with Crippen molar-refractivity contribution >= 4 is 64.6 Å². The van der Waals surface area contributed by atoms with Gasteiger partial charge in [-0.1, -0.05) is 23.2 Å². The maximum atomic E-state index is 12.8. The Kier molecular flexibility index (Phi) is 5.95.